The fourth-order valence-electron chi connectivity index (χ4n) is 2.94. The van der Waals surface area contributed by atoms with Crippen LogP contribution in [0.1, 0.15) is 45.4 Å². The second-order valence-corrected chi connectivity index (χ2v) is 4.29. The van der Waals surface area contributed by atoms with Gasteiger partial charge in [-0.05, 0) is 30.6 Å². The van der Waals surface area contributed by atoms with Gasteiger partial charge in [-0.3, -0.25) is 0 Å². The van der Waals surface area contributed by atoms with Crippen molar-refractivity contribution in [1.82, 2.24) is 0 Å². The molecular formula is C11H18. The van der Waals surface area contributed by atoms with Crippen LogP contribution in [-0.4, -0.2) is 0 Å². The first-order chi connectivity index (χ1) is 5.29. The monoisotopic (exact) mass is 150 g/mol. The molecule has 0 saturated heterocycles. The molecule has 2 aliphatic rings. The van der Waals surface area contributed by atoms with Crippen LogP contribution in [0.15, 0.2) is 12.2 Å². The summed E-state index contributed by atoms with van der Waals surface area (Å²) in [5.41, 5.74) is 2.22. The molecule has 11 heavy (non-hydrogen) atoms. The van der Waals surface area contributed by atoms with Crippen molar-refractivity contribution in [2.75, 3.05) is 0 Å². The second kappa shape index (κ2) is 2.36. The number of rotatable bonds is 1. The van der Waals surface area contributed by atoms with E-state index in [1.807, 2.05) is 0 Å². The Labute approximate surface area is 69.7 Å². The first-order valence-corrected chi connectivity index (χ1v) is 4.98. The van der Waals surface area contributed by atoms with E-state index in [2.05, 4.69) is 13.5 Å². The van der Waals surface area contributed by atoms with Crippen molar-refractivity contribution in [1.29, 1.82) is 0 Å². The predicted molar refractivity (Wildman–Crippen MR) is 48.4 cm³/mol. The lowest BCUT2D eigenvalue weighted by Crippen LogP contribution is -2.20. The van der Waals surface area contributed by atoms with Crippen LogP contribution >= 0.6 is 0 Å². The van der Waals surface area contributed by atoms with Gasteiger partial charge in [0.1, 0.15) is 0 Å². The van der Waals surface area contributed by atoms with Gasteiger partial charge in [-0.2, -0.15) is 0 Å². The van der Waals surface area contributed by atoms with E-state index >= 15 is 0 Å². The molecule has 62 valence electrons. The molecule has 0 heteroatoms. The first kappa shape index (κ1) is 7.39. The predicted octanol–water partition coefficient (Wildman–Crippen LogP) is 3.53. The highest BCUT2D eigenvalue weighted by Gasteiger charge is 2.52. The zero-order valence-electron chi connectivity index (χ0n) is 7.53. The van der Waals surface area contributed by atoms with Gasteiger partial charge in [0, 0.05) is 0 Å². The van der Waals surface area contributed by atoms with E-state index in [9.17, 15) is 0 Å². The fourth-order valence-corrected chi connectivity index (χ4v) is 2.94. The number of hydrogen-bond acceptors (Lipinski definition) is 0. The minimum Gasteiger partial charge on any atom is -0.0992 e. The lowest BCUT2D eigenvalue weighted by molar-refractivity contribution is 0.221. The number of hydrogen-bond donors (Lipinski definition) is 0. The Morgan fingerprint density at radius 1 is 1.55 bits per heavy atom. The standard InChI is InChI=1S/C11H18/c1-3-10-6-4-5-7-11(10)8-9(11)2/h10H,2-8H2,1H3. The van der Waals surface area contributed by atoms with Crippen LogP contribution in [-0.2, 0) is 0 Å². The fraction of sp³-hybridized carbons (Fsp3) is 0.818. The summed E-state index contributed by atoms with van der Waals surface area (Å²) in [6.07, 6.45) is 8.56. The van der Waals surface area contributed by atoms with Crippen LogP contribution in [0.5, 0.6) is 0 Å². The van der Waals surface area contributed by atoms with Crippen molar-refractivity contribution in [3.63, 3.8) is 0 Å². The molecule has 0 heterocycles. The summed E-state index contributed by atoms with van der Waals surface area (Å²) < 4.78 is 0. The summed E-state index contributed by atoms with van der Waals surface area (Å²) in [5, 5.41) is 0. The smallest absolute Gasteiger partial charge is 0.00251 e. The van der Waals surface area contributed by atoms with Gasteiger partial charge in [0.25, 0.3) is 0 Å². The maximum atomic E-state index is 4.14. The van der Waals surface area contributed by atoms with Gasteiger partial charge in [0.05, 0.1) is 0 Å². The molecule has 2 saturated carbocycles. The van der Waals surface area contributed by atoms with Crippen LogP contribution in [0.4, 0.5) is 0 Å². The Balaban J connectivity index is 2.11. The zero-order chi connectivity index (χ0) is 7.90. The highest BCUT2D eigenvalue weighted by molar-refractivity contribution is 5.31. The maximum Gasteiger partial charge on any atom is -0.00251 e. The Morgan fingerprint density at radius 2 is 2.27 bits per heavy atom. The quantitative estimate of drug-likeness (QED) is 0.502. The van der Waals surface area contributed by atoms with Crippen molar-refractivity contribution in [2.45, 2.75) is 45.4 Å². The molecule has 2 fully saturated rings. The van der Waals surface area contributed by atoms with Gasteiger partial charge in [0.15, 0.2) is 0 Å². The summed E-state index contributed by atoms with van der Waals surface area (Å²) in [7, 11) is 0. The molecule has 1 spiro atoms. The van der Waals surface area contributed by atoms with Gasteiger partial charge in [-0.1, -0.05) is 38.3 Å². The van der Waals surface area contributed by atoms with Gasteiger partial charge in [-0.15, -0.1) is 0 Å². The highest BCUT2D eigenvalue weighted by atomic mass is 14.6. The van der Waals surface area contributed by atoms with Gasteiger partial charge in [-0.25, -0.2) is 0 Å². The molecule has 0 aromatic heterocycles. The summed E-state index contributed by atoms with van der Waals surface area (Å²) in [5.74, 6) is 0.990. The van der Waals surface area contributed by atoms with Crippen LogP contribution in [0.3, 0.4) is 0 Å². The molecule has 2 atom stereocenters. The summed E-state index contributed by atoms with van der Waals surface area (Å²) in [6.45, 7) is 6.48. The van der Waals surface area contributed by atoms with Crippen LogP contribution < -0.4 is 0 Å². The van der Waals surface area contributed by atoms with Crippen molar-refractivity contribution >= 4 is 0 Å². The van der Waals surface area contributed by atoms with Crippen molar-refractivity contribution < 1.29 is 0 Å². The first-order valence-electron chi connectivity index (χ1n) is 4.98. The minimum atomic E-state index is 0.660. The van der Waals surface area contributed by atoms with E-state index in [1.54, 1.807) is 5.57 Å². The van der Waals surface area contributed by atoms with E-state index in [0.717, 1.165) is 5.92 Å². The second-order valence-electron chi connectivity index (χ2n) is 4.29. The molecule has 0 radical (unpaired) electrons. The lowest BCUT2D eigenvalue weighted by Gasteiger charge is -2.30. The molecule has 2 rings (SSSR count). The molecule has 0 aromatic rings. The Bertz CT molecular complexity index is 180. The van der Waals surface area contributed by atoms with Crippen LogP contribution in [0.2, 0.25) is 0 Å². The van der Waals surface area contributed by atoms with Gasteiger partial charge >= 0.3 is 0 Å². The third kappa shape index (κ3) is 0.953. The van der Waals surface area contributed by atoms with E-state index in [-0.39, 0.29) is 0 Å². The molecule has 0 amide bonds. The van der Waals surface area contributed by atoms with Gasteiger partial charge < -0.3 is 0 Å². The van der Waals surface area contributed by atoms with E-state index in [4.69, 9.17) is 0 Å². The third-order valence-corrected chi connectivity index (χ3v) is 3.81. The van der Waals surface area contributed by atoms with Crippen LogP contribution in [0, 0.1) is 11.3 Å². The number of allylic oxidation sites excluding steroid dienone is 1. The minimum absolute atomic E-state index is 0.660. The molecule has 0 aromatic carbocycles. The lowest BCUT2D eigenvalue weighted by atomic mass is 9.74. The van der Waals surface area contributed by atoms with Crippen molar-refractivity contribution in [3.8, 4) is 0 Å². The highest BCUT2D eigenvalue weighted by Crippen LogP contribution is 2.63. The van der Waals surface area contributed by atoms with Gasteiger partial charge in [0.2, 0.25) is 0 Å². The van der Waals surface area contributed by atoms with E-state index < -0.39 is 0 Å². The third-order valence-electron chi connectivity index (χ3n) is 3.81. The summed E-state index contributed by atoms with van der Waals surface area (Å²) in [4.78, 5) is 0. The largest absolute Gasteiger partial charge is 0.0992 e. The Morgan fingerprint density at radius 3 is 2.73 bits per heavy atom. The molecule has 2 aliphatic carbocycles. The molecule has 0 nitrogen and oxygen atoms in total. The molecule has 2 unspecified atom stereocenters. The van der Waals surface area contributed by atoms with E-state index in [1.165, 1.54) is 38.5 Å². The Kier molecular flexibility index (Phi) is 1.59. The zero-order valence-corrected chi connectivity index (χ0v) is 7.53. The summed E-state index contributed by atoms with van der Waals surface area (Å²) >= 11 is 0. The SMILES string of the molecule is C=C1CC12CCCCC2CC. The average Bonchev–Trinajstić information content (AvgIpc) is 2.63. The normalized spacial score (nSPS) is 43.0. The topological polar surface area (TPSA) is 0 Å². The Hall–Kier alpha value is -0.260. The molecule has 0 aliphatic heterocycles. The summed E-state index contributed by atoms with van der Waals surface area (Å²) in [6, 6.07) is 0. The molecular weight excluding hydrogens is 132 g/mol. The average molecular weight is 150 g/mol. The van der Waals surface area contributed by atoms with Crippen molar-refractivity contribution in [2.24, 2.45) is 11.3 Å². The van der Waals surface area contributed by atoms with Crippen LogP contribution in [0.25, 0.3) is 0 Å². The molecule has 0 N–H and O–H groups in total. The van der Waals surface area contributed by atoms with E-state index in [0.29, 0.717) is 5.41 Å². The van der Waals surface area contributed by atoms with Crippen molar-refractivity contribution in [3.05, 3.63) is 12.2 Å². The maximum absolute atomic E-state index is 4.14. The molecule has 0 bridgehead atoms.